The van der Waals surface area contributed by atoms with Crippen molar-refractivity contribution in [2.75, 3.05) is 14.2 Å². The van der Waals surface area contributed by atoms with Crippen LogP contribution in [0.4, 0.5) is 0 Å². The van der Waals surface area contributed by atoms with Crippen LogP contribution in [0.3, 0.4) is 0 Å². The zero-order valence-corrected chi connectivity index (χ0v) is 10.9. The monoisotopic (exact) mass is 240 g/mol. The van der Waals surface area contributed by atoms with E-state index in [1.807, 2.05) is 0 Å². The molecule has 0 aromatic rings. The Labute approximate surface area is 102 Å². The molecule has 4 nitrogen and oxygen atoms in total. The van der Waals surface area contributed by atoms with Gasteiger partial charge in [0, 0.05) is 0 Å². The van der Waals surface area contributed by atoms with Crippen LogP contribution in [0, 0.1) is 29.1 Å². The molecule has 4 atom stereocenters. The molecule has 2 aliphatic carbocycles. The zero-order valence-electron chi connectivity index (χ0n) is 10.9. The van der Waals surface area contributed by atoms with Gasteiger partial charge in [0.15, 0.2) is 5.41 Å². The van der Waals surface area contributed by atoms with Crippen molar-refractivity contribution in [2.24, 2.45) is 29.1 Å². The molecule has 2 bridgehead atoms. The van der Waals surface area contributed by atoms with Gasteiger partial charge in [-0.3, -0.25) is 9.59 Å². The average Bonchev–Trinajstić information content (AvgIpc) is 2.86. The van der Waals surface area contributed by atoms with Crippen molar-refractivity contribution in [3.05, 3.63) is 0 Å². The molecule has 17 heavy (non-hydrogen) atoms. The van der Waals surface area contributed by atoms with E-state index in [1.54, 1.807) is 0 Å². The third-order valence-electron chi connectivity index (χ3n) is 5.08. The first-order valence-electron chi connectivity index (χ1n) is 6.15. The van der Waals surface area contributed by atoms with Crippen molar-refractivity contribution < 1.29 is 19.1 Å². The highest BCUT2D eigenvalue weighted by Crippen LogP contribution is 2.61. The normalized spacial score (nSPS) is 37.9. The smallest absolute Gasteiger partial charge is 0.323 e. The van der Waals surface area contributed by atoms with Gasteiger partial charge in [0.25, 0.3) is 0 Å². The van der Waals surface area contributed by atoms with Gasteiger partial charge in [-0.15, -0.1) is 0 Å². The van der Waals surface area contributed by atoms with Crippen molar-refractivity contribution in [3.63, 3.8) is 0 Å². The number of hydrogen-bond acceptors (Lipinski definition) is 4. The molecule has 2 aliphatic rings. The number of esters is 2. The Morgan fingerprint density at radius 3 is 1.94 bits per heavy atom. The molecule has 0 saturated heterocycles. The fourth-order valence-corrected chi connectivity index (χ4v) is 3.95. The van der Waals surface area contributed by atoms with Crippen LogP contribution >= 0.6 is 0 Å². The fraction of sp³-hybridized carbons (Fsp3) is 0.846. The minimum atomic E-state index is -1.04. The predicted molar refractivity (Wildman–Crippen MR) is 61.0 cm³/mol. The van der Waals surface area contributed by atoms with Gasteiger partial charge in [-0.25, -0.2) is 0 Å². The number of methoxy groups -OCH3 is 2. The Kier molecular flexibility index (Phi) is 2.92. The lowest BCUT2D eigenvalue weighted by molar-refractivity contribution is -0.176. The summed E-state index contributed by atoms with van der Waals surface area (Å²) in [5.41, 5.74) is -1.04. The maximum atomic E-state index is 12.1. The van der Waals surface area contributed by atoms with E-state index >= 15 is 0 Å². The lowest BCUT2D eigenvalue weighted by atomic mass is 9.65. The van der Waals surface area contributed by atoms with Crippen LogP contribution in [0.5, 0.6) is 0 Å². The zero-order chi connectivity index (χ0) is 12.8. The highest BCUT2D eigenvalue weighted by molar-refractivity contribution is 6.01. The molecule has 0 aliphatic heterocycles. The van der Waals surface area contributed by atoms with Crippen LogP contribution in [0.2, 0.25) is 0 Å². The van der Waals surface area contributed by atoms with Crippen molar-refractivity contribution in [1.82, 2.24) is 0 Å². The highest BCUT2D eigenvalue weighted by atomic mass is 16.5. The quantitative estimate of drug-likeness (QED) is 0.544. The largest absolute Gasteiger partial charge is 0.468 e. The second-order valence-electron chi connectivity index (χ2n) is 5.48. The Morgan fingerprint density at radius 1 is 1.06 bits per heavy atom. The van der Waals surface area contributed by atoms with Gasteiger partial charge in [0.05, 0.1) is 14.2 Å². The summed E-state index contributed by atoms with van der Waals surface area (Å²) in [6.45, 7) is 4.32. The lowest BCUT2D eigenvalue weighted by Gasteiger charge is -2.38. The number of carbonyl (C=O) groups excluding carboxylic acids is 2. The van der Waals surface area contributed by atoms with E-state index in [2.05, 4.69) is 13.8 Å². The van der Waals surface area contributed by atoms with Gasteiger partial charge < -0.3 is 9.47 Å². The summed E-state index contributed by atoms with van der Waals surface area (Å²) >= 11 is 0. The Balaban J connectivity index is 2.39. The second kappa shape index (κ2) is 4.00. The van der Waals surface area contributed by atoms with Crippen LogP contribution in [0.15, 0.2) is 0 Å². The van der Waals surface area contributed by atoms with Crippen molar-refractivity contribution in [3.8, 4) is 0 Å². The third kappa shape index (κ3) is 1.42. The number of carbonyl (C=O) groups is 2. The summed E-state index contributed by atoms with van der Waals surface area (Å²) in [5.74, 6) is 0.608. The van der Waals surface area contributed by atoms with E-state index in [0.717, 1.165) is 6.42 Å². The maximum Gasteiger partial charge on any atom is 0.323 e. The number of fused-ring (bicyclic) bond motifs is 2. The van der Waals surface area contributed by atoms with Crippen molar-refractivity contribution >= 4 is 11.9 Å². The maximum absolute atomic E-state index is 12.1. The van der Waals surface area contributed by atoms with E-state index in [0.29, 0.717) is 24.2 Å². The first-order chi connectivity index (χ1) is 7.98. The van der Waals surface area contributed by atoms with E-state index < -0.39 is 17.4 Å². The van der Waals surface area contributed by atoms with Crippen LogP contribution < -0.4 is 0 Å². The Morgan fingerprint density at radius 2 is 1.59 bits per heavy atom. The molecule has 0 amide bonds. The average molecular weight is 240 g/mol. The Hall–Kier alpha value is -1.06. The molecule has 96 valence electrons. The first kappa shape index (κ1) is 12.4. The van der Waals surface area contributed by atoms with Crippen molar-refractivity contribution in [2.45, 2.75) is 26.7 Å². The minimum absolute atomic E-state index is 0.0717. The van der Waals surface area contributed by atoms with E-state index in [4.69, 9.17) is 9.47 Å². The molecule has 0 aromatic carbocycles. The number of ether oxygens (including phenoxy) is 2. The summed E-state index contributed by atoms with van der Waals surface area (Å²) in [6.07, 6.45) is 1.52. The van der Waals surface area contributed by atoms with Crippen LogP contribution in [0.25, 0.3) is 0 Å². The highest BCUT2D eigenvalue weighted by Gasteiger charge is 2.66. The number of rotatable bonds is 2. The molecule has 2 rings (SSSR count). The molecule has 4 unspecified atom stereocenters. The molecule has 0 N–H and O–H groups in total. The SMILES string of the molecule is COC(=O)C1(C(=O)OC)CC2CC1C(C)C2C. The van der Waals surface area contributed by atoms with Crippen LogP contribution in [-0.4, -0.2) is 26.2 Å². The first-order valence-corrected chi connectivity index (χ1v) is 6.15. The molecule has 0 heterocycles. The molecule has 0 aromatic heterocycles. The molecule has 0 radical (unpaired) electrons. The lowest BCUT2D eigenvalue weighted by Crippen LogP contribution is -2.48. The van der Waals surface area contributed by atoms with Gasteiger partial charge in [-0.1, -0.05) is 13.8 Å². The molecular weight excluding hydrogens is 220 g/mol. The van der Waals surface area contributed by atoms with Gasteiger partial charge in [-0.05, 0) is 36.5 Å². The topological polar surface area (TPSA) is 52.6 Å². The van der Waals surface area contributed by atoms with Gasteiger partial charge in [0.1, 0.15) is 0 Å². The molecule has 2 fully saturated rings. The van der Waals surface area contributed by atoms with Gasteiger partial charge in [-0.2, -0.15) is 0 Å². The molecule has 4 heteroatoms. The van der Waals surface area contributed by atoms with Gasteiger partial charge >= 0.3 is 11.9 Å². The standard InChI is InChI=1S/C13H20O4/c1-7-8(2)10-5-9(7)6-13(10,11(14)16-3)12(15)17-4/h7-10H,5-6H2,1-4H3. The fourth-order valence-electron chi connectivity index (χ4n) is 3.95. The number of hydrogen-bond donors (Lipinski definition) is 0. The van der Waals surface area contributed by atoms with E-state index in [-0.39, 0.29) is 5.92 Å². The summed E-state index contributed by atoms with van der Waals surface area (Å²) < 4.78 is 9.71. The Bertz CT molecular complexity index is 331. The molecule has 2 saturated carbocycles. The van der Waals surface area contributed by atoms with Crippen molar-refractivity contribution in [1.29, 1.82) is 0 Å². The van der Waals surface area contributed by atoms with Crippen LogP contribution in [-0.2, 0) is 19.1 Å². The predicted octanol–water partition coefficient (Wildman–Crippen LogP) is 1.63. The van der Waals surface area contributed by atoms with Gasteiger partial charge in [0.2, 0.25) is 0 Å². The summed E-state index contributed by atoms with van der Waals surface area (Å²) in [4.78, 5) is 24.1. The minimum Gasteiger partial charge on any atom is -0.468 e. The summed E-state index contributed by atoms with van der Waals surface area (Å²) in [5, 5.41) is 0. The third-order valence-corrected chi connectivity index (χ3v) is 5.08. The summed E-state index contributed by atoms with van der Waals surface area (Å²) in [6, 6.07) is 0. The molecule has 0 spiro atoms. The van der Waals surface area contributed by atoms with E-state index in [1.165, 1.54) is 14.2 Å². The summed E-state index contributed by atoms with van der Waals surface area (Å²) in [7, 11) is 2.68. The van der Waals surface area contributed by atoms with Crippen LogP contribution in [0.1, 0.15) is 26.7 Å². The van der Waals surface area contributed by atoms with E-state index in [9.17, 15) is 9.59 Å². The second-order valence-corrected chi connectivity index (χ2v) is 5.48. The molecular formula is C13H20O4.